The molecule has 0 spiro atoms. The van der Waals surface area contributed by atoms with Crippen molar-refractivity contribution in [1.82, 2.24) is 4.98 Å². The van der Waals surface area contributed by atoms with Crippen LogP contribution in [-0.4, -0.2) is 22.2 Å². The second-order valence-electron chi connectivity index (χ2n) is 5.18. The molecule has 0 aromatic carbocycles. The highest BCUT2D eigenvalue weighted by atomic mass is 35.5. The minimum Gasteiger partial charge on any atom is -0.388 e. The number of pyridine rings is 1. The van der Waals surface area contributed by atoms with E-state index in [1.54, 1.807) is 6.07 Å². The van der Waals surface area contributed by atoms with Crippen LogP contribution in [0, 0.1) is 0 Å². The van der Waals surface area contributed by atoms with Crippen molar-refractivity contribution < 1.29 is 5.11 Å². The number of rotatable bonds is 3. The molecule has 2 rings (SSSR count). The summed E-state index contributed by atoms with van der Waals surface area (Å²) in [5, 5.41) is 14.4. The molecule has 1 aliphatic rings. The Hall–Kier alpha value is -0.710. The number of halogens is 2. The summed E-state index contributed by atoms with van der Waals surface area (Å²) in [7, 11) is 0. The highest BCUT2D eigenvalue weighted by Crippen LogP contribution is 2.30. The summed E-state index contributed by atoms with van der Waals surface area (Å²) in [5.74, 6) is 0.711. The van der Waals surface area contributed by atoms with Crippen LogP contribution in [0.3, 0.4) is 0 Å². The number of nitrogens with one attached hydrogen (secondary N) is 1. The van der Waals surface area contributed by atoms with E-state index < -0.39 is 5.60 Å². The van der Waals surface area contributed by atoms with Crippen molar-refractivity contribution in [3.05, 3.63) is 16.1 Å². The van der Waals surface area contributed by atoms with Gasteiger partial charge in [-0.3, -0.25) is 0 Å². The van der Waals surface area contributed by atoms with E-state index in [0.29, 0.717) is 22.4 Å². The van der Waals surface area contributed by atoms with E-state index in [9.17, 15) is 5.11 Å². The summed E-state index contributed by atoms with van der Waals surface area (Å²) in [4.78, 5) is 4.10. The van der Waals surface area contributed by atoms with E-state index in [1.165, 1.54) is 12.8 Å². The molecule has 19 heavy (non-hydrogen) atoms. The molecule has 6 heteroatoms. The van der Waals surface area contributed by atoms with Gasteiger partial charge in [-0.1, -0.05) is 48.9 Å². The first-order valence-electron chi connectivity index (χ1n) is 6.58. The topological polar surface area (TPSA) is 71.2 Å². The van der Waals surface area contributed by atoms with E-state index in [-0.39, 0.29) is 5.82 Å². The number of hydrogen-bond donors (Lipinski definition) is 3. The van der Waals surface area contributed by atoms with Crippen LogP contribution < -0.4 is 11.1 Å². The largest absolute Gasteiger partial charge is 0.388 e. The van der Waals surface area contributed by atoms with Gasteiger partial charge in [0, 0.05) is 6.54 Å². The molecular weight excluding hydrogens is 285 g/mol. The van der Waals surface area contributed by atoms with Gasteiger partial charge in [-0.15, -0.1) is 0 Å². The predicted molar refractivity (Wildman–Crippen MR) is 79.8 cm³/mol. The summed E-state index contributed by atoms with van der Waals surface area (Å²) >= 11 is 11.9. The van der Waals surface area contributed by atoms with E-state index in [4.69, 9.17) is 28.9 Å². The highest BCUT2D eigenvalue weighted by Gasteiger charge is 2.28. The number of anilines is 2. The van der Waals surface area contributed by atoms with Crippen molar-refractivity contribution in [2.24, 2.45) is 0 Å². The summed E-state index contributed by atoms with van der Waals surface area (Å²) < 4.78 is 0. The van der Waals surface area contributed by atoms with Crippen LogP contribution in [0.15, 0.2) is 6.07 Å². The van der Waals surface area contributed by atoms with Gasteiger partial charge in [0.1, 0.15) is 11.6 Å². The molecule has 0 amide bonds. The second-order valence-corrected chi connectivity index (χ2v) is 5.99. The van der Waals surface area contributed by atoms with Gasteiger partial charge < -0.3 is 16.2 Å². The molecule has 1 heterocycles. The van der Waals surface area contributed by atoms with Gasteiger partial charge in [-0.05, 0) is 18.9 Å². The number of nitrogens with two attached hydrogens (primary N) is 1. The smallest absolute Gasteiger partial charge is 0.147 e. The predicted octanol–water partition coefficient (Wildman–Crippen LogP) is 3.47. The molecule has 0 aliphatic heterocycles. The van der Waals surface area contributed by atoms with Gasteiger partial charge in [0.15, 0.2) is 0 Å². The zero-order valence-corrected chi connectivity index (χ0v) is 12.3. The lowest BCUT2D eigenvalue weighted by Crippen LogP contribution is -2.36. The fourth-order valence-electron chi connectivity index (χ4n) is 2.42. The Morgan fingerprint density at radius 3 is 2.47 bits per heavy atom. The standard InChI is InChI=1S/C13H19Cl2N3O/c14-9-7-10(15)12(18-11(9)16)17-8-13(19)5-3-1-2-4-6-13/h7,19H,1-6,8H2,(H3,16,17,18). The quantitative estimate of drug-likeness (QED) is 0.748. The fraction of sp³-hybridized carbons (Fsp3) is 0.615. The monoisotopic (exact) mass is 303 g/mol. The van der Waals surface area contributed by atoms with Gasteiger partial charge >= 0.3 is 0 Å². The Morgan fingerprint density at radius 2 is 1.84 bits per heavy atom. The molecular formula is C13H19Cl2N3O. The van der Waals surface area contributed by atoms with Crippen LogP contribution in [0.25, 0.3) is 0 Å². The Bertz CT molecular complexity index is 446. The van der Waals surface area contributed by atoms with Crippen molar-refractivity contribution in [2.45, 2.75) is 44.1 Å². The molecule has 1 aromatic rings. The zero-order valence-electron chi connectivity index (χ0n) is 10.8. The van der Waals surface area contributed by atoms with Crippen molar-refractivity contribution >= 4 is 34.8 Å². The SMILES string of the molecule is Nc1nc(NCC2(O)CCCCCC2)c(Cl)cc1Cl. The van der Waals surface area contributed by atoms with E-state index in [2.05, 4.69) is 10.3 Å². The van der Waals surface area contributed by atoms with Crippen molar-refractivity contribution in [3.8, 4) is 0 Å². The first-order valence-corrected chi connectivity index (χ1v) is 7.33. The third-order valence-corrected chi connectivity index (χ3v) is 4.17. The Morgan fingerprint density at radius 1 is 1.21 bits per heavy atom. The molecule has 1 aliphatic carbocycles. The minimum atomic E-state index is -0.685. The van der Waals surface area contributed by atoms with Gasteiger partial charge in [-0.2, -0.15) is 0 Å². The van der Waals surface area contributed by atoms with Crippen LogP contribution in [0.4, 0.5) is 11.6 Å². The molecule has 1 fully saturated rings. The van der Waals surface area contributed by atoms with Gasteiger partial charge in [-0.25, -0.2) is 4.98 Å². The molecule has 106 valence electrons. The van der Waals surface area contributed by atoms with Gasteiger partial charge in [0.05, 0.1) is 15.6 Å². The molecule has 0 radical (unpaired) electrons. The number of aliphatic hydroxyl groups is 1. The lowest BCUT2D eigenvalue weighted by Gasteiger charge is -2.27. The maximum Gasteiger partial charge on any atom is 0.147 e. The lowest BCUT2D eigenvalue weighted by atomic mass is 9.94. The summed E-state index contributed by atoms with van der Waals surface area (Å²) in [6.07, 6.45) is 6.11. The molecule has 0 saturated heterocycles. The molecule has 0 unspecified atom stereocenters. The maximum absolute atomic E-state index is 10.5. The minimum absolute atomic E-state index is 0.237. The molecule has 4 N–H and O–H groups in total. The Labute approximate surface area is 123 Å². The maximum atomic E-state index is 10.5. The average Bonchev–Trinajstić information content (AvgIpc) is 2.58. The van der Waals surface area contributed by atoms with Gasteiger partial charge in [0.25, 0.3) is 0 Å². The Kier molecular flexibility index (Phi) is 4.76. The highest BCUT2D eigenvalue weighted by molar-refractivity contribution is 6.37. The van der Waals surface area contributed by atoms with Crippen molar-refractivity contribution in [3.63, 3.8) is 0 Å². The molecule has 0 atom stereocenters. The summed E-state index contributed by atoms with van der Waals surface area (Å²) in [5.41, 5.74) is 4.97. The van der Waals surface area contributed by atoms with Crippen molar-refractivity contribution in [1.29, 1.82) is 0 Å². The number of nitrogens with zero attached hydrogens (tertiary/aromatic N) is 1. The lowest BCUT2D eigenvalue weighted by molar-refractivity contribution is 0.0380. The van der Waals surface area contributed by atoms with Gasteiger partial charge in [0.2, 0.25) is 0 Å². The molecule has 0 bridgehead atoms. The first kappa shape index (κ1) is 14.7. The van der Waals surface area contributed by atoms with Crippen molar-refractivity contribution in [2.75, 3.05) is 17.6 Å². The number of nitrogen functional groups attached to an aromatic ring is 1. The summed E-state index contributed by atoms with van der Waals surface area (Å²) in [6.45, 7) is 0.431. The fourth-order valence-corrected chi connectivity index (χ4v) is 2.84. The molecule has 1 saturated carbocycles. The average molecular weight is 304 g/mol. The van der Waals surface area contributed by atoms with E-state index in [0.717, 1.165) is 25.7 Å². The van der Waals surface area contributed by atoms with Crippen LogP contribution >= 0.6 is 23.2 Å². The Balaban J connectivity index is 2.03. The zero-order chi connectivity index (χ0) is 13.9. The third kappa shape index (κ3) is 3.88. The number of hydrogen-bond acceptors (Lipinski definition) is 4. The summed E-state index contributed by atoms with van der Waals surface area (Å²) in [6, 6.07) is 1.56. The normalized spacial score (nSPS) is 18.9. The first-order chi connectivity index (χ1) is 9.00. The molecule has 1 aromatic heterocycles. The second kappa shape index (κ2) is 6.16. The van der Waals surface area contributed by atoms with Crippen LogP contribution in [0.5, 0.6) is 0 Å². The van der Waals surface area contributed by atoms with Crippen LogP contribution in [0.2, 0.25) is 10.0 Å². The van der Waals surface area contributed by atoms with Crippen LogP contribution in [-0.2, 0) is 0 Å². The third-order valence-electron chi connectivity index (χ3n) is 3.58. The molecule has 4 nitrogen and oxygen atoms in total. The number of aromatic nitrogens is 1. The van der Waals surface area contributed by atoms with E-state index in [1.807, 2.05) is 0 Å². The van der Waals surface area contributed by atoms with Crippen LogP contribution in [0.1, 0.15) is 38.5 Å². The van der Waals surface area contributed by atoms with E-state index >= 15 is 0 Å².